The van der Waals surface area contributed by atoms with E-state index in [1.165, 1.54) is 6.20 Å². The van der Waals surface area contributed by atoms with Crippen LogP contribution in [0.25, 0.3) is 0 Å². The van der Waals surface area contributed by atoms with Crippen LogP contribution in [0, 0.1) is 0 Å². The van der Waals surface area contributed by atoms with Gasteiger partial charge < -0.3 is 14.5 Å². The molecule has 0 aromatic carbocycles. The Kier molecular flexibility index (Phi) is 3.96. The molecule has 94 valence electrons. The molecule has 0 aliphatic carbocycles. The minimum atomic E-state index is -0.355. The van der Waals surface area contributed by atoms with Crippen molar-refractivity contribution in [1.29, 1.82) is 0 Å². The first-order chi connectivity index (χ1) is 8.79. The first-order valence-electron chi connectivity index (χ1n) is 5.67. The van der Waals surface area contributed by atoms with Crippen molar-refractivity contribution in [2.24, 2.45) is 0 Å². The predicted molar refractivity (Wildman–Crippen MR) is 66.2 cm³/mol. The van der Waals surface area contributed by atoms with Gasteiger partial charge in [0, 0.05) is 18.3 Å². The summed E-state index contributed by atoms with van der Waals surface area (Å²) in [6, 6.07) is 5.30. The molecule has 0 unspecified atom stereocenters. The number of pyridine rings is 1. The molecule has 0 saturated heterocycles. The summed E-state index contributed by atoms with van der Waals surface area (Å²) in [5, 5.41) is 3.12. The van der Waals surface area contributed by atoms with Crippen LogP contribution in [0.15, 0.2) is 41.3 Å². The van der Waals surface area contributed by atoms with Gasteiger partial charge in [0.1, 0.15) is 5.82 Å². The summed E-state index contributed by atoms with van der Waals surface area (Å²) in [5.74, 6) is 0.343. The molecule has 0 aliphatic heterocycles. The van der Waals surface area contributed by atoms with E-state index in [1.54, 1.807) is 31.6 Å². The number of furan rings is 1. The van der Waals surface area contributed by atoms with Gasteiger partial charge in [0.25, 0.3) is 0 Å². The number of ether oxygens (including phenoxy) is 1. The molecule has 0 aliphatic rings. The highest BCUT2D eigenvalue weighted by Crippen LogP contribution is 2.08. The Morgan fingerprint density at radius 1 is 1.44 bits per heavy atom. The maximum Gasteiger partial charge on any atom is 0.339 e. The van der Waals surface area contributed by atoms with E-state index in [1.807, 2.05) is 6.07 Å². The lowest BCUT2D eigenvalue weighted by Crippen LogP contribution is -2.06. The third-order valence-electron chi connectivity index (χ3n) is 2.33. The number of anilines is 1. The highest BCUT2D eigenvalue weighted by Gasteiger charge is 2.06. The third-order valence-corrected chi connectivity index (χ3v) is 2.33. The van der Waals surface area contributed by atoms with Gasteiger partial charge in [-0.25, -0.2) is 9.78 Å². The van der Waals surface area contributed by atoms with Crippen molar-refractivity contribution >= 4 is 11.8 Å². The number of hydrogen-bond acceptors (Lipinski definition) is 5. The number of carbonyl (C=O) groups is 1. The quantitative estimate of drug-likeness (QED) is 0.821. The van der Waals surface area contributed by atoms with Gasteiger partial charge in [-0.05, 0) is 25.1 Å². The molecule has 0 spiro atoms. The highest BCUT2D eigenvalue weighted by molar-refractivity contribution is 5.89. The SMILES string of the molecule is CCOC(=O)c1ccc(NCc2ccoc2)nc1. The van der Waals surface area contributed by atoms with Crippen LogP contribution in [-0.4, -0.2) is 17.6 Å². The monoisotopic (exact) mass is 246 g/mol. The van der Waals surface area contributed by atoms with Crippen LogP contribution >= 0.6 is 0 Å². The average Bonchev–Trinajstić information content (AvgIpc) is 2.90. The molecule has 0 fully saturated rings. The van der Waals surface area contributed by atoms with Crippen LogP contribution < -0.4 is 5.32 Å². The zero-order valence-corrected chi connectivity index (χ0v) is 10.1. The van der Waals surface area contributed by atoms with Gasteiger partial charge >= 0.3 is 5.97 Å². The second-order valence-electron chi connectivity index (χ2n) is 3.64. The normalized spacial score (nSPS) is 10.1. The molecule has 2 aromatic heterocycles. The van der Waals surface area contributed by atoms with E-state index < -0.39 is 0 Å². The summed E-state index contributed by atoms with van der Waals surface area (Å²) in [7, 11) is 0. The minimum absolute atomic E-state index is 0.355. The maximum absolute atomic E-state index is 11.4. The summed E-state index contributed by atoms with van der Waals surface area (Å²) >= 11 is 0. The molecular weight excluding hydrogens is 232 g/mol. The van der Waals surface area contributed by atoms with Gasteiger partial charge in [-0.2, -0.15) is 0 Å². The molecule has 0 bridgehead atoms. The summed E-state index contributed by atoms with van der Waals surface area (Å²) in [6.45, 7) is 2.76. The Balaban J connectivity index is 1.93. The van der Waals surface area contributed by atoms with Crippen LogP contribution in [0.1, 0.15) is 22.8 Å². The van der Waals surface area contributed by atoms with E-state index in [-0.39, 0.29) is 5.97 Å². The second-order valence-corrected chi connectivity index (χ2v) is 3.64. The standard InChI is InChI=1S/C13H14N2O3/c1-2-18-13(16)11-3-4-12(15-8-11)14-7-10-5-6-17-9-10/h3-6,8-9H,2,7H2,1H3,(H,14,15). The van der Waals surface area contributed by atoms with Crippen molar-refractivity contribution in [2.45, 2.75) is 13.5 Å². The average molecular weight is 246 g/mol. The Morgan fingerprint density at radius 3 is 2.94 bits per heavy atom. The van der Waals surface area contributed by atoms with E-state index in [4.69, 9.17) is 9.15 Å². The molecule has 2 aromatic rings. The predicted octanol–water partition coefficient (Wildman–Crippen LogP) is 2.46. The van der Waals surface area contributed by atoms with E-state index >= 15 is 0 Å². The molecule has 0 saturated carbocycles. The maximum atomic E-state index is 11.4. The van der Waals surface area contributed by atoms with Crippen molar-refractivity contribution in [2.75, 3.05) is 11.9 Å². The number of nitrogens with zero attached hydrogens (tertiary/aromatic N) is 1. The van der Waals surface area contributed by atoms with E-state index in [2.05, 4.69) is 10.3 Å². The number of nitrogens with one attached hydrogen (secondary N) is 1. The van der Waals surface area contributed by atoms with Gasteiger partial charge in [0.05, 0.1) is 24.7 Å². The van der Waals surface area contributed by atoms with Crippen molar-refractivity contribution in [3.05, 3.63) is 48.0 Å². The molecule has 0 atom stereocenters. The number of rotatable bonds is 5. The van der Waals surface area contributed by atoms with E-state index in [0.717, 1.165) is 5.56 Å². The Labute approximate surface area is 105 Å². The zero-order valence-electron chi connectivity index (χ0n) is 10.1. The fraction of sp³-hybridized carbons (Fsp3) is 0.231. The summed E-state index contributed by atoms with van der Waals surface area (Å²) in [4.78, 5) is 15.5. The van der Waals surface area contributed by atoms with Gasteiger partial charge in [-0.1, -0.05) is 0 Å². The lowest BCUT2D eigenvalue weighted by molar-refractivity contribution is 0.0526. The van der Waals surface area contributed by atoms with Crippen LogP contribution in [0.3, 0.4) is 0 Å². The van der Waals surface area contributed by atoms with Gasteiger partial charge in [-0.3, -0.25) is 0 Å². The minimum Gasteiger partial charge on any atom is -0.472 e. The van der Waals surface area contributed by atoms with Gasteiger partial charge in [0.2, 0.25) is 0 Å². The van der Waals surface area contributed by atoms with Crippen molar-refractivity contribution in [3.8, 4) is 0 Å². The number of carbonyl (C=O) groups excluding carboxylic acids is 1. The summed E-state index contributed by atoms with van der Waals surface area (Å²) in [6.07, 6.45) is 4.78. The third kappa shape index (κ3) is 3.10. The molecule has 0 amide bonds. The van der Waals surface area contributed by atoms with Gasteiger partial charge in [-0.15, -0.1) is 0 Å². The molecule has 5 heteroatoms. The first kappa shape index (κ1) is 12.2. The summed E-state index contributed by atoms with van der Waals surface area (Å²) in [5.41, 5.74) is 1.48. The largest absolute Gasteiger partial charge is 0.472 e. The Morgan fingerprint density at radius 2 is 2.33 bits per heavy atom. The topological polar surface area (TPSA) is 64.4 Å². The molecule has 2 heterocycles. The van der Waals surface area contributed by atoms with Crippen molar-refractivity contribution < 1.29 is 13.9 Å². The molecule has 1 N–H and O–H groups in total. The molecule has 5 nitrogen and oxygen atoms in total. The molecular formula is C13H14N2O3. The lowest BCUT2D eigenvalue weighted by Gasteiger charge is -2.05. The molecule has 18 heavy (non-hydrogen) atoms. The summed E-state index contributed by atoms with van der Waals surface area (Å²) < 4.78 is 9.83. The Hall–Kier alpha value is -2.30. The van der Waals surface area contributed by atoms with E-state index in [0.29, 0.717) is 24.5 Å². The fourth-order valence-corrected chi connectivity index (χ4v) is 1.42. The lowest BCUT2D eigenvalue weighted by atomic mass is 10.3. The van der Waals surface area contributed by atoms with Crippen molar-refractivity contribution in [1.82, 2.24) is 4.98 Å². The highest BCUT2D eigenvalue weighted by atomic mass is 16.5. The second kappa shape index (κ2) is 5.86. The van der Waals surface area contributed by atoms with Crippen LogP contribution in [-0.2, 0) is 11.3 Å². The van der Waals surface area contributed by atoms with Crippen LogP contribution in [0.2, 0.25) is 0 Å². The fourth-order valence-electron chi connectivity index (χ4n) is 1.42. The number of esters is 1. The Bertz CT molecular complexity index is 491. The molecule has 0 radical (unpaired) electrons. The molecule has 2 rings (SSSR count). The van der Waals surface area contributed by atoms with Gasteiger partial charge in [0.15, 0.2) is 0 Å². The smallest absolute Gasteiger partial charge is 0.339 e. The van der Waals surface area contributed by atoms with Crippen LogP contribution in [0.5, 0.6) is 0 Å². The van der Waals surface area contributed by atoms with Crippen molar-refractivity contribution in [3.63, 3.8) is 0 Å². The number of aromatic nitrogens is 1. The van der Waals surface area contributed by atoms with E-state index in [9.17, 15) is 4.79 Å². The van der Waals surface area contributed by atoms with Crippen LogP contribution in [0.4, 0.5) is 5.82 Å². The zero-order chi connectivity index (χ0) is 12.8. The number of hydrogen-bond donors (Lipinski definition) is 1. The first-order valence-corrected chi connectivity index (χ1v) is 5.67.